The van der Waals surface area contributed by atoms with Gasteiger partial charge in [-0.25, -0.2) is 4.39 Å². The Morgan fingerprint density at radius 1 is 1.47 bits per heavy atom. The fourth-order valence-corrected chi connectivity index (χ4v) is 2.52. The number of hydrogen-bond acceptors (Lipinski definition) is 4. The highest BCUT2D eigenvalue weighted by atomic mass is 32.3. The molecule has 0 spiro atoms. The van der Waals surface area contributed by atoms with Crippen LogP contribution < -0.4 is 0 Å². The molecule has 86 valence electrons. The highest BCUT2D eigenvalue weighted by Gasteiger charge is 2.49. The van der Waals surface area contributed by atoms with Crippen molar-refractivity contribution in [1.82, 2.24) is 5.06 Å². The van der Waals surface area contributed by atoms with E-state index in [1.165, 1.54) is 0 Å². The summed E-state index contributed by atoms with van der Waals surface area (Å²) in [5, 5.41) is 0.583. The van der Waals surface area contributed by atoms with E-state index in [-0.39, 0.29) is 12.8 Å². The number of fused-ring (bicyclic) bond motifs is 2. The minimum Gasteiger partial charge on any atom is -0.272 e. The van der Waals surface area contributed by atoms with Gasteiger partial charge < -0.3 is 0 Å². The molecule has 6 nitrogen and oxygen atoms in total. The molecule has 1 aliphatic carbocycles. The van der Waals surface area contributed by atoms with Crippen molar-refractivity contribution in [1.29, 1.82) is 0 Å². The normalized spacial score (nSPS) is 36.0. The Hall–Kier alpha value is -0.730. The first kappa shape index (κ1) is 10.8. The van der Waals surface area contributed by atoms with Gasteiger partial charge >= 0.3 is 10.4 Å². The summed E-state index contributed by atoms with van der Waals surface area (Å²) in [5.41, 5.74) is 0. The largest absolute Gasteiger partial charge is 0.418 e. The van der Waals surface area contributed by atoms with E-state index in [0.717, 1.165) is 0 Å². The number of amides is 1. The van der Waals surface area contributed by atoms with Gasteiger partial charge in [-0.15, -0.1) is 4.28 Å². The maximum absolute atomic E-state index is 13.2. The zero-order valence-electron chi connectivity index (χ0n) is 7.67. The number of hydroxylamine groups is 2. The highest BCUT2D eigenvalue weighted by Crippen LogP contribution is 2.38. The monoisotopic (exact) mass is 239 g/mol. The Bertz CT molecular complexity index is 383. The van der Waals surface area contributed by atoms with E-state index in [2.05, 4.69) is 4.28 Å². The van der Waals surface area contributed by atoms with E-state index in [1.807, 2.05) is 0 Å². The van der Waals surface area contributed by atoms with Crippen molar-refractivity contribution in [2.75, 3.05) is 0 Å². The molecule has 1 amide bonds. The second-order valence-corrected chi connectivity index (χ2v) is 4.76. The number of halogens is 1. The lowest BCUT2D eigenvalue weighted by atomic mass is 9.88. The van der Waals surface area contributed by atoms with E-state index >= 15 is 0 Å². The fourth-order valence-electron chi connectivity index (χ4n) is 2.12. The van der Waals surface area contributed by atoms with Crippen LogP contribution in [0.4, 0.5) is 4.39 Å². The van der Waals surface area contributed by atoms with Crippen molar-refractivity contribution >= 4 is 16.3 Å². The smallest absolute Gasteiger partial charge is 0.272 e. The molecular weight excluding hydrogens is 229 g/mol. The van der Waals surface area contributed by atoms with Crippen LogP contribution in [0, 0.1) is 5.92 Å². The van der Waals surface area contributed by atoms with Gasteiger partial charge in [-0.3, -0.25) is 9.35 Å². The van der Waals surface area contributed by atoms with Crippen LogP contribution in [-0.4, -0.2) is 36.2 Å². The van der Waals surface area contributed by atoms with Crippen LogP contribution in [0.25, 0.3) is 0 Å². The molecule has 2 fully saturated rings. The molecule has 1 saturated carbocycles. The fraction of sp³-hybridized carbons (Fsp3) is 0.857. The molecule has 2 rings (SSSR count). The Kier molecular flexibility index (Phi) is 2.44. The Morgan fingerprint density at radius 2 is 2.13 bits per heavy atom. The van der Waals surface area contributed by atoms with Crippen molar-refractivity contribution in [2.24, 2.45) is 5.92 Å². The molecule has 0 aromatic carbocycles. The first-order chi connectivity index (χ1) is 6.88. The zero-order chi connectivity index (χ0) is 11.2. The minimum absolute atomic E-state index is 0.215. The molecule has 1 N–H and O–H groups in total. The molecule has 3 atom stereocenters. The molecule has 1 aliphatic heterocycles. The van der Waals surface area contributed by atoms with E-state index in [9.17, 15) is 17.6 Å². The Balaban J connectivity index is 2.18. The topological polar surface area (TPSA) is 83.9 Å². The number of carbonyl (C=O) groups is 1. The lowest BCUT2D eigenvalue weighted by molar-refractivity contribution is -0.158. The number of nitrogens with zero attached hydrogens (tertiary/aromatic N) is 1. The molecule has 8 heteroatoms. The van der Waals surface area contributed by atoms with Crippen LogP contribution >= 0.6 is 0 Å². The average molecular weight is 239 g/mol. The van der Waals surface area contributed by atoms with Gasteiger partial charge in [0.2, 0.25) is 0 Å². The SMILES string of the molecule is O=C1C2C[C@@H](CC[C@H]2F)N1OS(=O)(=O)O. The van der Waals surface area contributed by atoms with Gasteiger partial charge in [0.1, 0.15) is 6.17 Å². The van der Waals surface area contributed by atoms with E-state index in [1.54, 1.807) is 0 Å². The number of carbonyl (C=O) groups excluding carboxylic acids is 1. The van der Waals surface area contributed by atoms with Gasteiger partial charge in [-0.2, -0.15) is 13.5 Å². The third kappa shape index (κ3) is 1.97. The summed E-state index contributed by atoms with van der Waals surface area (Å²) in [4.78, 5) is 11.5. The standard InChI is InChI=1S/C7H10FNO5S/c8-6-2-1-4-3-5(6)7(10)9(4)14-15(11,12)13/h4-6H,1-3H2,(H,11,12,13)/t4-,5?,6-/m1/s1. The maximum Gasteiger partial charge on any atom is 0.418 e. The van der Waals surface area contributed by atoms with Gasteiger partial charge in [-0.1, -0.05) is 0 Å². The summed E-state index contributed by atoms with van der Waals surface area (Å²) in [5.74, 6) is -1.53. The summed E-state index contributed by atoms with van der Waals surface area (Å²) >= 11 is 0. The second kappa shape index (κ2) is 3.39. The van der Waals surface area contributed by atoms with Crippen LogP contribution in [0.5, 0.6) is 0 Å². The molecule has 2 aliphatic rings. The summed E-state index contributed by atoms with van der Waals surface area (Å²) in [6.07, 6.45) is -0.440. The third-order valence-corrected chi connectivity index (χ3v) is 3.13. The average Bonchev–Trinajstić information content (AvgIpc) is 2.35. The third-order valence-electron chi connectivity index (χ3n) is 2.78. The van der Waals surface area contributed by atoms with Crippen molar-refractivity contribution in [3.63, 3.8) is 0 Å². The summed E-state index contributed by atoms with van der Waals surface area (Å²) in [6.45, 7) is 0. The summed E-state index contributed by atoms with van der Waals surface area (Å²) in [6, 6.07) is -0.448. The van der Waals surface area contributed by atoms with E-state index < -0.39 is 34.4 Å². The minimum atomic E-state index is -4.71. The van der Waals surface area contributed by atoms with Crippen LogP contribution in [0.3, 0.4) is 0 Å². The number of rotatable bonds is 2. The Labute approximate surface area is 85.9 Å². The van der Waals surface area contributed by atoms with Gasteiger partial charge in [0.05, 0.1) is 12.0 Å². The van der Waals surface area contributed by atoms with Crippen molar-refractivity contribution < 1.29 is 26.4 Å². The zero-order valence-corrected chi connectivity index (χ0v) is 8.48. The maximum atomic E-state index is 13.2. The highest BCUT2D eigenvalue weighted by molar-refractivity contribution is 7.80. The van der Waals surface area contributed by atoms with Crippen LogP contribution in [0.1, 0.15) is 19.3 Å². The van der Waals surface area contributed by atoms with E-state index in [4.69, 9.17) is 4.55 Å². The number of hydrogen-bond donors (Lipinski definition) is 1. The lowest BCUT2D eigenvalue weighted by Crippen LogP contribution is -2.35. The molecule has 1 unspecified atom stereocenters. The van der Waals surface area contributed by atoms with Crippen LogP contribution in [0.2, 0.25) is 0 Å². The van der Waals surface area contributed by atoms with E-state index in [0.29, 0.717) is 11.5 Å². The van der Waals surface area contributed by atoms with Crippen molar-refractivity contribution in [3.05, 3.63) is 0 Å². The molecule has 15 heavy (non-hydrogen) atoms. The van der Waals surface area contributed by atoms with Gasteiger partial charge in [-0.05, 0) is 19.3 Å². The predicted molar refractivity (Wildman–Crippen MR) is 45.5 cm³/mol. The van der Waals surface area contributed by atoms with Crippen LogP contribution in [-0.2, 0) is 19.5 Å². The molecule has 0 radical (unpaired) electrons. The van der Waals surface area contributed by atoms with Gasteiger partial charge in [0.15, 0.2) is 0 Å². The van der Waals surface area contributed by atoms with Gasteiger partial charge in [0, 0.05) is 0 Å². The quantitative estimate of drug-likeness (QED) is 0.689. The van der Waals surface area contributed by atoms with Crippen molar-refractivity contribution in [2.45, 2.75) is 31.5 Å². The predicted octanol–water partition coefficient (Wildman–Crippen LogP) is 0.0698. The molecule has 0 aromatic heterocycles. The first-order valence-electron chi connectivity index (χ1n) is 4.52. The summed E-state index contributed by atoms with van der Waals surface area (Å²) in [7, 11) is -4.71. The molecule has 2 bridgehead atoms. The molecule has 1 saturated heterocycles. The second-order valence-electron chi connectivity index (χ2n) is 3.76. The molecule has 1 heterocycles. The van der Waals surface area contributed by atoms with Crippen LogP contribution in [0.15, 0.2) is 0 Å². The van der Waals surface area contributed by atoms with Gasteiger partial charge in [0.25, 0.3) is 5.91 Å². The Morgan fingerprint density at radius 3 is 2.67 bits per heavy atom. The first-order valence-corrected chi connectivity index (χ1v) is 5.89. The van der Waals surface area contributed by atoms with Crippen molar-refractivity contribution in [3.8, 4) is 0 Å². The molecule has 0 aromatic rings. The molecular formula is C7H10FNO5S. The summed E-state index contributed by atoms with van der Waals surface area (Å²) < 4.78 is 46.7. The number of alkyl halides is 1. The lowest BCUT2D eigenvalue weighted by Gasteiger charge is -2.22.